The van der Waals surface area contributed by atoms with E-state index in [0.717, 1.165) is 17.0 Å². The van der Waals surface area contributed by atoms with Crippen LogP contribution in [0.2, 0.25) is 0 Å². The van der Waals surface area contributed by atoms with Crippen molar-refractivity contribution in [3.05, 3.63) is 42.5 Å². The highest BCUT2D eigenvalue weighted by Crippen LogP contribution is 2.31. The second-order valence-corrected chi connectivity index (χ2v) is 10.6. The molecule has 1 aromatic heterocycles. The number of thioether (sulfide) groups is 1. The number of carbonyl (C=O) groups excluding carboxylic acids is 1. The van der Waals surface area contributed by atoms with E-state index >= 15 is 0 Å². The van der Waals surface area contributed by atoms with E-state index < -0.39 is 10.0 Å². The van der Waals surface area contributed by atoms with Crippen LogP contribution in [0, 0.1) is 0 Å². The van der Waals surface area contributed by atoms with Gasteiger partial charge >= 0.3 is 0 Å². The summed E-state index contributed by atoms with van der Waals surface area (Å²) in [5, 5.41) is 3.48. The fourth-order valence-corrected chi connectivity index (χ4v) is 5.80. The Labute approximate surface area is 199 Å². The highest BCUT2D eigenvalue weighted by Gasteiger charge is 2.23. The minimum absolute atomic E-state index is 0.0475. The van der Waals surface area contributed by atoms with E-state index in [1.54, 1.807) is 25.3 Å². The number of amides is 1. The maximum atomic E-state index is 13.0. The van der Waals surface area contributed by atoms with E-state index in [0.29, 0.717) is 23.8 Å². The first-order valence-electron chi connectivity index (χ1n) is 10.8. The summed E-state index contributed by atoms with van der Waals surface area (Å²) in [6.07, 6.45) is 0. The molecule has 0 atom stereocenters. The molecule has 0 radical (unpaired) electrons. The largest absolute Gasteiger partial charge is 0.497 e. The first-order chi connectivity index (χ1) is 15.7. The number of rotatable bonds is 10. The third-order valence-electron chi connectivity index (χ3n) is 5.05. The van der Waals surface area contributed by atoms with Gasteiger partial charge in [0.1, 0.15) is 5.75 Å². The molecule has 0 aliphatic heterocycles. The Balaban J connectivity index is 2.08. The number of carbonyl (C=O) groups is 1. The van der Waals surface area contributed by atoms with E-state index in [4.69, 9.17) is 9.72 Å². The van der Waals surface area contributed by atoms with Crippen molar-refractivity contribution in [3.8, 4) is 11.4 Å². The van der Waals surface area contributed by atoms with E-state index in [9.17, 15) is 13.2 Å². The molecule has 10 heteroatoms. The van der Waals surface area contributed by atoms with Crippen molar-refractivity contribution in [2.24, 2.45) is 0 Å². The maximum Gasteiger partial charge on any atom is 0.243 e. The Kier molecular flexibility index (Phi) is 8.04. The fraction of sp³-hybridized carbons (Fsp3) is 0.391. The number of nitrogens with one attached hydrogen (secondary N) is 1. The van der Waals surface area contributed by atoms with Gasteiger partial charge in [-0.05, 0) is 56.3 Å². The van der Waals surface area contributed by atoms with Gasteiger partial charge in [-0.15, -0.1) is 0 Å². The molecule has 0 saturated heterocycles. The van der Waals surface area contributed by atoms with E-state index in [1.807, 2.05) is 56.5 Å². The number of fused-ring (bicyclic) bond motifs is 1. The van der Waals surface area contributed by atoms with Crippen molar-refractivity contribution in [1.29, 1.82) is 0 Å². The number of hydrogen-bond acceptors (Lipinski definition) is 6. The summed E-state index contributed by atoms with van der Waals surface area (Å²) in [6, 6.07) is 12.5. The van der Waals surface area contributed by atoms with Gasteiger partial charge in [0.2, 0.25) is 15.9 Å². The molecule has 8 nitrogen and oxygen atoms in total. The van der Waals surface area contributed by atoms with Crippen LogP contribution in [-0.2, 0) is 14.8 Å². The number of sulfonamides is 1. The number of aromatic nitrogens is 2. The zero-order valence-corrected chi connectivity index (χ0v) is 21.2. The molecular weight excluding hydrogens is 460 g/mol. The van der Waals surface area contributed by atoms with E-state index in [1.165, 1.54) is 16.1 Å². The second-order valence-electron chi connectivity index (χ2n) is 7.68. The molecule has 178 valence electrons. The molecule has 0 unspecified atom stereocenters. The Morgan fingerprint density at radius 3 is 2.39 bits per heavy atom. The van der Waals surface area contributed by atoms with Crippen molar-refractivity contribution in [2.45, 2.75) is 43.8 Å². The number of methoxy groups -OCH3 is 1. The average molecular weight is 491 g/mol. The molecule has 1 N–H and O–H groups in total. The lowest BCUT2D eigenvalue weighted by Gasteiger charge is -2.18. The molecule has 3 aromatic rings. The van der Waals surface area contributed by atoms with Crippen LogP contribution in [0.15, 0.2) is 52.5 Å². The molecule has 1 amide bonds. The predicted octanol–water partition coefficient (Wildman–Crippen LogP) is 3.68. The minimum atomic E-state index is -3.61. The van der Waals surface area contributed by atoms with Crippen molar-refractivity contribution in [1.82, 2.24) is 19.2 Å². The van der Waals surface area contributed by atoms with Gasteiger partial charge in [-0.25, -0.2) is 13.4 Å². The highest BCUT2D eigenvalue weighted by molar-refractivity contribution is 7.99. The van der Waals surface area contributed by atoms with Crippen LogP contribution in [0.5, 0.6) is 5.75 Å². The first-order valence-corrected chi connectivity index (χ1v) is 13.2. The lowest BCUT2D eigenvalue weighted by Crippen LogP contribution is -2.31. The number of imidazole rings is 1. The minimum Gasteiger partial charge on any atom is -0.497 e. The lowest BCUT2D eigenvalue weighted by molar-refractivity contribution is -0.119. The quantitative estimate of drug-likeness (QED) is 0.436. The first kappa shape index (κ1) is 25.1. The number of ether oxygens (including phenoxy) is 1. The normalized spacial score (nSPS) is 12.0. The van der Waals surface area contributed by atoms with Gasteiger partial charge in [0.15, 0.2) is 5.16 Å². The van der Waals surface area contributed by atoms with Gasteiger partial charge in [0.25, 0.3) is 0 Å². The maximum absolute atomic E-state index is 13.0. The zero-order chi connectivity index (χ0) is 24.2. The Bertz CT molecular complexity index is 1220. The van der Waals surface area contributed by atoms with Gasteiger partial charge in [-0.1, -0.05) is 25.6 Å². The summed E-state index contributed by atoms with van der Waals surface area (Å²) >= 11 is 1.31. The van der Waals surface area contributed by atoms with Crippen LogP contribution in [0.4, 0.5) is 0 Å². The topological polar surface area (TPSA) is 93.5 Å². The van der Waals surface area contributed by atoms with Crippen LogP contribution in [0.3, 0.4) is 0 Å². The molecular formula is C23H30N4O4S2. The summed E-state index contributed by atoms with van der Waals surface area (Å²) in [7, 11) is -2.01. The van der Waals surface area contributed by atoms with Crippen molar-refractivity contribution in [2.75, 3.05) is 26.0 Å². The summed E-state index contributed by atoms with van der Waals surface area (Å²) < 4.78 is 34.6. The molecule has 0 saturated carbocycles. The SMILES string of the molecule is CCN(CC)S(=O)(=O)c1ccc2c(c1)nc(SCC(=O)NC(C)C)n2-c1ccc(OC)cc1. The van der Waals surface area contributed by atoms with Gasteiger partial charge in [-0.2, -0.15) is 4.31 Å². The molecule has 1 heterocycles. The summed E-state index contributed by atoms with van der Waals surface area (Å²) in [5.74, 6) is 0.830. The Hall–Kier alpha value is -2.56. The highest BCUT2D eigenvalue weighted by atomic mass is 32.2. The smallest absolute Gasteiger partial charge is 0.243 e. The van der Waals surface area contributed by atoms with Crippen LogP contribution < -0.4 is 10.1 Å². The van der Waals surface area contributed by atoms with Crippen molar-refractivity contribution < 1.29 is 17.9 Å². The number of nitrogens with zero attached hydrogens (tertiary/aromatic N) is 3. The number of benzene rings is 2. The fourth-order valence-electron chi connectivity index (χ4n) is 3.48. The molecule has 2 aromatic carbocycles. The lowest BCUT2D eigenvalue weighted by atomic mass is 10.2. The van der Waals surface area contributed by atoms with E-state index in [2.05, 4.69) is 5.32 Å². The molecule has 0 bridgehead atoms. The average Bonchev–Trinajstić information content (AvgIpc) is 3.15. The second kappa shape index (κ2) is 10.6. The van der Waals surface area contributed by atoms with Gasteiger partial charge in [-0.3, -0.25) is 9.36 Å². The van der Waals surface area contributed by atoms with Crippen LogP contribution in [0.25, 0.3) is 16.7 Å². The van der Waals surface area contributed by atoms with Gasteiger partial charge < -0.3 is 10.1 Å². The summed E-state index contributed by atoms with van der Waals surface area (Å²) in [6.45, 7) is 8.23. The van der Waals surface area contributed by atoms with Gasteiger partial charge in [0, 0.05) is 24.8 Å². The monoisotopic (exact) mass is 490 g/mol. The molecule has 0 fully saturated rings. The van der Waals surface area contributed by atoms with Crippen molar-refractivity contribution in [3.63, 3.8) is 0 Å². The molecule has 33 heavy (non-hydrogen) atoms. The van der Waals surface area contributed by atoms with Crippen LogP contribution in [0.1, 0.15) is 27.7 Å². The molecule has 0 aliphatic carbocycles. The van der Waals surface area contributed by atoms with Crippen molar-refractivity contribution >= 4 is 38.7 Å². The molecule has 3 rings (SSSR count). The number of hydrogen-bond donors (Lipinski definition) is 1. The summed E-state index contributed by atoms with van der Waals surface area (Å²) in [4.78, 5) is 17.1. The van der Waals surface area contributed by atoms with Crippen LogP contribution in [-0.4, -0.2) is 60.2 Å². The molecule has 0 spiro atoms. The zero-order valence-electron chi connectivity index (χ0n) is 19.5. The standard InChI is InChI=1S/C23H30N4O4S2/c1-6-26(7-2)33(29,30)19-12-13-21-20(14-19)25-23(32-15-22(28)24-16(3)4)27(21)17-8-10-18(31-5)11-9-17/h8-14,16H,6-7,15H2,1-5H3,(H,24,28). The predicted molar refractivity (Wildman–Crippen MR) is 132 cm³/mol. The third kappa shape index (κ3) is 5.51. The van der Waals surface area contributed by atoms with Crippen LogP contribution >= 0.6 is 11.8 Å². The van der Waals surface area contributed by atoms with Gasteiger partial charge in [0.05, 0.1) is 28.8 Å². The van der Waals surface area contributed by atoms with E-state index in [-0.39, 0.29) is 22.6 Å². The molecule has 0 aliphatic rings. The Morgan fingerprint density at radius 2 is 1.82 bits per heavy atom. The third-order valence-corrected chi connectivity index (χ3v) is 8.04. The Morgan fingerprint density at radius 1 is 1.15 bits per heavy atom. The summed E-state index contributed by atoms with van der Waals surface area (Å²) in [5.41, 5.74) is 2.14.